The molecule has 0 aliphatic rings. The molecule has 0 fully saturated rings. The monoisotopic (exact) mass is 561 g/mol. The first-order valence-corrected chi connectivity index (χ1v) is 15.0. The lowest BCUT2D eigenvalue weighted by Gasteiger charge is -2.35. The van der Waals surface area contributed by atoms with E-state index in [9.17, 15) is 14.4 Å². The van der Waals surface area contributed by atoms with Gasteiger partial charge >= 0.3 is 5.97 Å². The van der Waals surface area contributed by atoms with E-state index in [1.54, 1.807) is 31.2 Å². The molecule has 0 saturated carbocycles. The third kappa shape index (κ3) is 11.4. The molecule has 0 radical (unpaired) electrons. The fourth-order valence-corrected chi connectivity index (χ4v) is 4.82. The van der Waals surface area contributed by atoms with Crippen molar-refractivity contribution in [1.82, 2.24) is 10.6 Å². The second kappa shape index (κ2) is 17.9. The number of benzene rings is 2. The van der Waals surface area contributed by atoms with Crippen molar-refractivity contribution in [2.45, 2.75) is 104 Å². The van der Waals surface area contributed by atoms with Gasteiger partial charge in [0.25, 0.3) is 5.91 Å². The molecule has 2 atom stereocenters. The number of ether oxygens (including phenoxy) is 1. The SMILES string of the molecule is CCCCCCCCCCC(NC(=O)c1ccc(C#N)cc1)C(C)(C)C(=O)N[C@@H](Cc1ccccc1)C(=O)OCC. The Kier molecular flexibility index (Phi) is 14.7. The number of amides is 2. The average molecular weight is 562 g/mol. The van der Waals surface area contributed by atoms with Gasteiger partial charge in [-0.3, -0.25) is 9.59 Å². The summed E-state index contributed by atoms with van der Waals surface area (Å²) in [4.78, 5) is 39.8. The minimum Gasteiger partial charge on any atom is -0.464 e. The molecule has 0 aromatic heterocycles. The number of carbonyl (C=O) groups excluding carboxylic acids is 3. The maximum Gasteiger partial charge on any atom is 0.328 e. The van der Waals surface area contributed by atoms with Crippen LogP contribution < -0.4 is 10.6 Å². The van der Waals surface area contributed by atoms with Crippen molar-refractivity contribution >= 4 is 17.8 Å². The Hall–Kier alpha value is -3.66. The van der Waals surface area contributed by atoms with Gasteiger partial charge in [-0.1, -0.05) is 88.6 Å². The highest BCUT2D eigenvalue weighted by Gasteiger charge is 2.39. The highest BCUT2D eigenvalue weighted by Crippen LogP contribution is 2.27. The average Bonchev–Trinajstić information content (AvgIpc) is 2.98. The number of nitriles is 1. The molecule has 7 nitrogen and oxygen atoms in total. The van der Waals surface area contributed by atoms with Crippen molar-refractivity contribution < 1.29 is 19.1 Å². The van der Waals surface area contributed by atoms with Gasteiger partial charge in [-0.15, -0.1) is 0 Å². The maximum atomic E-state index is 13.7. The molecule has 2 aromatic rings. The standard InChI is InChI=1S/C34H47N3O4/c1-5-7-8-9-10-11-12-16-19-30(37-31(38)28-22-20-27(25-35)21-23-28)34(3,4)33(40)36-29(32(39)41-6-2)24-26-17-14-13-15-18-26/h13-15,17-18,20-23,29-30H,5-12,16,19,24H2,1-4H3,(H,36,40)(H,37,38)/t29-,30?/m0/s1. The Balaban J connectivity index is 2.17. The molecule has 2 aromatic carbocycles. The second-order valence-corrected chi connectivity index (χ2v) is 11.2. The first-order chi connectivity index (χ1) is 19.7. The molecule has 0 saturated heterocycles. The summed E-state index contributed by atoms with van der Waals surface area (Å²) in [7, 11) is 0. The molecule has 2 N–H and O–H groups in total. The van der Waals surface area contributed by atoms with Crippen LogP contribution in [-0.2, 0) is 20.7 Å². The van der Waals surface area contributed by atoms with E-state index in [4.69, 9.17) is 10.00 Å². The zero-order valence-corrected chi connectivity index (χ0v) is 25.2. The molecule has 0 heterocycles. The van der Waals surface area contributed by atoms with Crippen molar-refractivity contribution in [3.8, 4) is 6.07 Å². The van der Waals surface area contributed by atoms with Crippen LogP contribution in [0.3, 0.4) is 0 Å². The molecular weight excluding hydrogens is 514 g/mol. The lowest BCUT2D eigenvalue weighted by Crippen LogP contribution is -2.56. The van der Waals surface area contributed by atoms with Crippen LogP contribution in [0.2, 0.25) is 0 Å². The van der Waals surface area contributed by atoms with Crippen LogP contribution in [0.1, 0.15) is 107 Å². The van der Waals surface area contributed by atoms with Gasteiger partial charge in [0.15, 0.2) is 0 Å². The van der Waals surface area contributed by atoms with Gasteiger partial charge in [0.05, 0.1) is 23.7 Å². The van der Waals surface area contributed by atoms with Crippen molar-refractivity contribution in [2.75, 3.05) is 6.61 Å². The minimum absolute atomic E-state index is 0.213. The van der Waals surface area contributed by atoms with Crippen LogP contribution in [-0.4, -0.2) is 36.5 Å². The number of hydrogen-bond acceptors (Lipinski definition) is 5. The maximum absolute atomic E-state index is 13.7. The lowest BCUT2D eigenvalue weighted by atomic mass is 9.80. The van der Waals surface area contributed by atoms with E-state index in [2.05, 4.69) is 23.6 Å². The van der Waals surface area contributed by atoms with Crippen LogP contribution in [0, 0.1) is 16.7 Å². The van der Waals surface area contributed by atoms with Gasteiger partial charge in [-0.25, -0.2) is 4.79 Å². The van der Waals surface area contributed by atoms with E-state index in [0.29, 0.717) is 24.0 Å². The predicted octanol–water partition coefficient (Wildman–Crippen LogP) is 6.50. The van der Waals surface area contributed by atoms with Crippen LogP contribution in [0.5, 0.6) is 0 Å². The molecule has 0 aliphatic carbocycles. The van der Waals surface area contributed by atoms with Gasteiger partial charge in [0, 0.05) is 18.0 Å². The quantitative estimate of drug-likeness (QED) is 0.159. The third-order valence-corrected chi connectivity index (χ3v) is 7.54. The van der Waals surface area contributed by atoms with Crippen molar-refractivity contribution in [1.29, 1.82) is 5.26 Å². The number of unbranched alkanes of at least 4 members (excludes halogenated alkanes) is 7. The molecule has 2 amide bonds. The summed E-state index contributed by atoms with van der Waals surface area (Å²) in [5.41, 5.74) is 0.799. The van der Waals surface area contributed by atoms with Crippen LogP contribution in [0.4, 0.5) is 0 Å². The summed E-state index contributed by atoms with van der Waals surface area (Å²) in [5, 5.41) is 15.1. The number of esters is 1. The summed E-state index contributed by atoms with van der Waals surface area (Å²) in [6.45, 7) is 7.77. The Labute approximate surface area is 246 Å². The minimum atomic E-state index is -1.01. The third-order valence-electron chi connectivity index (χ3n) is 7.54. The Morgan fingerprint density at radius 2 is 1.46 bits per heavy atom. The first-order valence-electron chi connectivity index (χ1n) is 15.0. The van der Waals surface area contributed by atoms with Crippen LogP contribution in [0.25, 0.3) is 0 Å². The fraction of sp³-hybridized carbons (Fsp3) is 0.529. The molecule has 7 heteroatoms. The summed E-state index contributed by atoms with van der Waals surface area (Å²) < 4.78 is 5.27. The summed E-state index contributed by atoms with van der Waals surface area (Å²) in [5.74, 6) is -1.11. The Bertz CT molecular complexity index is 1120. The molecule has 2 rings (SSSR count). The van der Waals surface area contributed by atoms with Crippen LogP contribution >= 0.6 is 0 Å². The number of nitrogens with one attached hydrogen (secondary N) is 2. The van der Waals surface area contributed by atoms with Crippen molar-refractivity contribution in [3.63, 3.8) is 0 Å². The number of hydrogen-bond donors (Lipinski definition) is 2. The van der Waals surface area contributed by atoms with E-state index in [-0.39, 0.29) is 18.4 Å². The Morgan fingerprint density at radius 1 is 0.854 bits per heavy atom. The second-order valence-electron chi connectivity index (χ2n) is 11.2. The largest absolute Gasteiger partial charge is 0.464 e. The zero-order chi connectivity index (χ0) is 30.1. The molecule has 0 spiro atoms. The molecular formula is C34H47N3O4. The molecule has 41 heavy (non-hydrogen) atoms. The van der Waals surface area contributed by atoms with E-state index in [0.717, 1.165) is 24.8 Å². The lowest BCUT2D eigenvalue weighted by molar-refractivity contribution is -0.148. The molecule has 1 unspecified atom stereocenters. The van der Waals surface area contributed by atoms with E-state index in [1.807, 2.05) is 44.2 Å². The summed E-state index contributed by atoms with van der Waals surface area (Å²) >= 11 is 0. The Morgan fingerprint density at radius 3 is 2.05 bits per heavy atom. The molecule has 0 aliphatic heterocycles. The van der Waals surface area contributed by atoms with Gasteiger partial charge in [0.1, 0.15) is 6.04 Å². The summed E-state index contributed by atoms with van der Waals surface area (Å²) in [6.07, 6.45) is 10.1. The molecule has 0 bridgehead atoms. The van der Waals surface area contributed by atoms with Crippen molar-refractivity contribution in [3.05, 3.63) is 71.3 Å². The number of rotatable bonds is 18. The van der Waals surface area contributed by atoms with Gasteiger partial charge in [-0.2, -0.15) is 5.26 Å². The van der Waals surface area contributed by atoms with Gasteiger partial charge in [-0.05, 0) is 57.0 Å². The van der Waals surface area contributed by atoms with Gasteiger partial charge in [0.2, 0.25) is 5.91 Å². The smallest absolute Gasteiger partial charge is 0.328 e. The fourth-order valence-electron chi connectivity index (χ4n) is 4.82. The normalized spacial score (nSPS) is 12.6. The van der Waals surface area contributed by atoms with Crippen molar-refractivity contribution in [2.24, 2.45) is 5.41 Å². The van der Waals surface area contributed by atoms with Gasteiger partial charge < -0.3 is 15.4 Å². The highest BCUT2D eigenvalue weighted by molar-refractivity contribution is 5.95. The van der Waals surface area contributed by atoms with E-state index < -0.39 is 23.5 Å². The first kappa shape index (κ1) is 33.5. The molecule has 222 valence electrons. The topological polar surface area (TPSA) is 108 Å². The van der Waals surface area contributed by atoms with Crippen LogP contribution in [0.15, 0.2) is 54.6 Å². The zero-order valence-electron chi connectivity index (χ0n) is 25.2. The number of nitrogens with zero attached hydrogens (tertiary/aromatic N) is 1. The van der Waals surface area contributed by atoms with E-state index in [1.165, 1.54) is 32.1 Å². The summed E-state index contributed by atoms with van der Waals surface area (Å²) in [6, 6.07) is 16.7. The van der Waals surface area contributed by atoms with E-state index >= 15 is 0 Å². The highest BCUT2D eigenvalue weighted by atomic mass is 16.5. The number of carbonyl (C=O) groups is 3. The predicted molar refractivity (Wildman–Crippen MR) is 162 cm³/mol.